The van der Waals surface area contributed by atoms with E-state index in [-0.39, 0.29) is 12.1 Å². The van der Waals surface area contributed by atoms with Gasteiger partial charge in [-0.25, -0.2) is 9.59 Å². The Morgan fingerprint density at radius 1 is 1.00 bits per heavy atom. The molecule has 0 bridgehead atoms. The van der Waals surface area contributed by atoms with Crippen LogP contribution in [0.4, 0.5) is 0 Å². The highest BCUT2D eigenvalue weighted by atomic mass is 16.6. The second kappa shape index (κ2) is 12.7. The molecule has 2 unspecified atom stereocenters. The SMILES string of the molecule is CC.CC1COC(COC(=O)c2ccccc2)C1.O=C(O)c1ccccc1. The molecule has 1 aliphatic heterocycles. The summed E-state index contributed by atoms with van der Waals surface area (Å²) in [6.45, 7) is 7.27. The highest BCUT2D eigenvalue weighted by Crippen LogP contribution is 2.19. The molecule has 0 aliphatic carbocycles. The fourth-order valence-electron chi connectivity index (χ4n) is 2.41. The van der Waals surface area contributed by atoms with Gasteiger partial charge in [0.25, 0.3) is 0 Å². The van der Waals surface area contributed by atoms with Gasteiger partial charge in [0.2, 0.25) is 0 Å². The number of esters is 1. The topological polar surface area (TPSA) is 72.8 Å². The van der Waals surface area contributed by atoms with Gasteiger partial charge in [-0.2, -0.15) is 0 Å². The zero-order valence-electron chi connectivity index (χ0n) is 16.1. The van der Waals surface area contributed by atoms with Crippen molar-refractivity contribution in [1.29, 1.82) is 0 Å². The van der Waals surface area contributed by atoms with E-state index in [2.05, 4.69) is 6.92 Å². The lowest BCUT2D eigenvalue weighted by atomic mass is 10.1. The van der Waals surface area contributed by atoms with E-state index in [1.807, 2.05) is 32.0 Å². The molecule has 0 radical (unpaired) electrons. The Hall–Kier alpha value is -2.66. The van der Waals surface area contributed by atoms with Crippen molar-refractivity contribution in [2.75, 3.05) is 13.2 Å². The van der Waals surface area contributed by atoms with Crippen LogP contribution in [0.15, 0.2) is 60.7 Å². The summed E-state index contributed by atoms with van der Waals surface area (Å²) in [4.78, 5) is 21.8. The molecule has 2 aromatic carbocycles. The number of carbonyl (C=O) groups excluding carboxylic acids is 1. The minimum Gasteiger partial charge on any atom is -0.478 e. The summed E-state index contributed by atoms with van der Waals surface area (Å²) < 4.78 is 10.7. The number of carboxylic acids is 1. The van der Waals surface area contributed by atoms with Crippen molar-refractivity contribution in [3.63, 3.8) is 0 Å². The molecular weight excluding hydrogens is 344 g/mol. The average molecular weight is 372 g/mol. The zero-order valence-corrected chi connectivity index (χ0v) is 16.1. The third-order valence-corrected chi connectivity index (χ3v) is 3.71. The largest absolute Gasteiger partial charge is 0.478 e. The first kappa shape index (κ1) is 22.4. The molecule has 146 valence electrons. The lowest BCUT2D eigenvalue weighted by molar-refractivity contribution is 0.0158. The summed E-state index contributed by atoms with van der Waals surface area (Å²) in [6, 6.07) is 17.3. The molecule has 3 rings (SSSR count). The van der Waals surface area contributed by atoms with Crippen molar-refractivity contribution in [3.05, 3.63) is 71.8 Å². The normalized spacial score (nSPS) is 17.6. The molecule has 5 heteroatoms. The minimum absolute atomic E-state index is 0.0719. The molecule has 1 fully saturated rings. The lowest BCUT2D eigenvalue weighted by Gasteiger charge is -2.10. The third kappa shape index (κ3) is 8.51. The van der Waals surface area contributed by atoms with Crippen LogP contribution in [-0.4, -0.2) is 36.4 Å². The summed E-state index contributed by atoms with van der Waals surface area (Å²) in [7, 11) is 0. The van der Waals surface area contributed by atoms with E-state index >= 15 is 0 Å². The second-order valence-electron chi connectivity index (χ2n) is 5.93. The predicted molar refractivity (Wildman–Crippen MR) is 105 cm³/mol. The highest BCUT2D eigenvalue weighted by molar-refractivity contribution is 5.89. The maximum atomic E-state index is 11.6. The van der Waals surface area contributed by atoms with Crippen LogP contribution in [0, 0.1) is 5.92 Å². The minimum atomic E-state index is -0.879. The number of aromatic carboxylic acids is 1. The Labute approximate surface area is 160 Å². The van der Waals surface area contributed by atoms with Crippen molar-refractivity contribution in [2.24, 2.45) is 5.92 Å². The quantitative estimate of drug-likeness (QED) is 0.789. The number of hydrogen-bond acceptors (Lipinski definition) is 4. The summed E-state index contributed by atoms with van der Waals surface area (Å²) in [6.07, 6.45) is 1.05. The van der Waals surface area contributed by atoms with Crippen molar-refractivity contribution >= 4 is 11.9 Å². The summed E-state index contributed by atoms with van der Waals surface area (Å²) in [5.74, 6) is -0.584. The van der Waals surface area contributed by atoms with Crippen molar-refractivity contribution in [3.8, 4) is 0 Å². The molecule has 1 N–H and O–H groups in total. The van der Waals surface area contributed by atoms with E-state index in [1.165, 1.54) is 0 Å². The Bertz CT molecular complexity index is 670. The van der Waals surface area contributed by atoms with Crippen LogP contribution >= 0.6 is 0 Å². The molecule has 1 heterocycles. The first-order valence-corrected chi connectivity index (χ1v) is 9.18. The molecule has 1 saturated heterocycles. The Morgan fingerprint density at radius 3 is 1.93 bits per heavy atom. The van der Waals surface area contributed by atoms with Crippen LogP contribution in [0.3, 0.4) is 0 Å². The summed E-state index contributed by atoms with van der Waals surface area (Å²) in [5, 5.41) is 8.38. The molecule has 2 aromatic rings. The molecule has 27 heavy (non-hydrogen) atoms. The fourth-order valence-corrected chi connectivity index (χ4v) is 2.41. The smallest absolute Gasteiger partial charge is 0.338 e. The van der Waals surface area contributed by atoms with Gasteiger partial charge in [0, 0.05) is 6.61 Å². The van der Waals surface area contributed by atoms with Gasteiger partial charge >= 0.3 is 11.9 Å². The molecular formula is C22H28O5. The number of carboxylic acid groups (broad SMARTS) is 1. The van der Waals surface area contributed by atoms with Gasteiger partial charge in [0.15, 0.2) is 0 Å². The molecule has 2 atom stereocenters. The van der Waals surface area contributed by atoms with Gasteiger partial charge in [-0.05, 0) is 36.6 Å². The summed E-state index contributed by atoms with van der Waals surface area (Å²) in [5.41, 5.74) is 0.922. The van der Waals surface area contributed by atoms with E-state index in [0.717, 1.165) is 13.0 Å². The van der Waals surface area contributed by atoms with Crippen LogP contribution in [-0.2, 0) is 9.47 Å². The van der Waals surface area contributed by atoms with Gasteiger partial charge < -0.3 is 14.6 Å². The van der Waals surface area contributed by atoms with E-state index in [9.17, 15) is 9.59 Å². The number of hydrogen-bond donors (Lipinski definition) is 1. The Balaban J connectivity index is 0.000000282. The number of benzene rings is 2. The molecule has 1 aliphatic rings. The second-order valence-corrected chi connectivity index (χ2v) is 5.93. The van der Waals surface area contributed by atoms with Crippen LogP contribution in [0.2, 0.25) is 0 Å². The molecule has 0 amide bonds. The summed E-state index contributed by atoms with van der Waals surface area (Å²) >= 11 is 0. The molecule has 5 nitrogen and oxygen atoms in total. The van der Waals surface area contributed by atoms with Crippen LogP contribution in [0.5, 0.6) is 0 Å². The average Bonchev–Trinajstić information content (AvgIpc) is 3.14. The molecule has 0 aromatic heterocycles. The molecule has 0 saturated carbocycles. The Morgan fingerprint density at radius 2 is 1.52 bits per heavy atom. The number of ether oxygens (including phenoxy) is 2. The lowest BCUT2D eigenvalue weighted by Crippen LogP contribution is -2.17. The predicted octanol–water partition coefficient (Wildman–Crippen LogP) is 4.68. The van der Waals surface area contributed by atoms with Crippen molar-refractivity contribution in [1.82, 2.24) is 0 Å². The fraction of sp³-hybridized carbons (Fsp3) is 0.364. The zero-order chi connectivity index (χ0) is 20.1. The van der Waals surface area contributed by atoms with Gasteiger partial charge in [-0.15, -0.1) is 0 Å². The first-order valence-electron chi connectivity index (χ1n) is 9.18. The van der Waals surface area contributed by atoms with E-state index in [1.54, 1.807) is 42.5 Å². The van der Waals surface area contributed by atoms with E-state index < -0.39 is 5.97 Å². The number of rotatable bonds is 4. The molecule has 0 spiro atoms. The Kier molecular flexibility index (Phi) is 10.5. The number of carbonyl (C=O) groups is 2. The van der Waals surface area contributed by atoms with Crippen molar-refractivity contribution in [2.45, 2.75) is 33.3 Å². The highest BCUT2D eigenvalue weighted by Gasteiger charge is 2.23. The third-order valence-electron chi connectivity index (χ3n) is 3.71. The first-order chi connectivity index (χ1) is 13.1. The monoisotopic (exact) mass is 372 g/mol. The standard InChI is InChI=1S/C13H16O3.C7H6O2.C2H6/c1-10-7-12(15-8-10)9-16-13(14)11-5-3-2-4-6-11;8-7(9)6-4-2-1-3-5-6;1-2/h2-6,10,12H,7-9H2,1H3;1-5H,(H,8,9);1-2H3. The van der Waals surface area contributed by atoms with Crippen LogP contribution in [0.25, 0.3) is 0 Å². The van der Waals surface area contributed by atoms with E-state index in [4.69, 9.17) is 14.6 Å². The van der Waals surface area contributed by atoms with Gasteiger partial charge in [-0.1, -0.05) is 57.2 Å². The van der Waals surface area contributed by atoms with Crippen LogP contribution < -0.4 is 0 Å². The van der Waals surface area contributed by atoms with Crippen LogP contribution in [0.1, 0.15) is 47.9 Å². The van der Waals surface area contributed by atoms with Gasteiger partial charge in [0.05, 0.1) is 17.2 Å². The van der Waals surface area contributed by atoms with Crippen molar-refractivity contribution < 1.29 is 24.2 Å². The van der Waals surface area contributed by atoms with E-state index in [0.29, 0.717) is 23.7 Å². The maximum absolute atomic E-state index is 11.6. The van der Waals surface area contributed by atoms with Gasteiger partial charge in [0.1, 0.15) is 6.61 Å². The van der Waals surface area contributed by atoms with Gasteiger partial charge in [-0.3, -0.25) is 0 Å². The maximum Gasteiger partial charge on any atom is 0.338 e.